The fourth-order valence-electron chi connectivity index (χ4n) is 3.47. The smallest absolute Gasteiger partial charge is 0.289 e. The fourth-order valence-corrected chi connectivity index (χ4v) is 3.47. The molecular formula is C21H19F2N5O2. The van der Waals surface area contributed by atoms with Crippen LogP contribution >= 0.6 is 0 Å². The number of hydrogen-bond donors (Lipinski definition) is 2. The number of rotatable bonds is 4. The number of hydrogen-bond acceptors (Lipinski definition) is 4. The molecule has 1 aliphatic heterocycles. The number of aromatic amines is 1. The maximum absolute atomic E-state index is 14.9. The molecule has 2 N–H and O–H groups in total. The second-order valence-electron chi connectivity index (χ2n) is 7.15. The first kappa shape index (κ1) is 19.7. The number of anilines is 1. The van der Waals surface area contributed by atoms with E-state index in [-0.39, 0.29) is 5.82 Å². The molecule has 1 atom stereocenters. The van der Waals surface area contributed by atoms with Crippen LogP contribution in [0.5, 0.6) is 0 Å². The van der Waals surface area contributed by atoms with Crippen molar-refractivity contribution in [1.29, 1.82) is 0 Å². The molecule has 2 heterocycles. The number of likely N-dealkylation sites (N-methyl/N-ethyl adjacent to an activating group) is 1. The molecule has 1 aliphatic rings. The third-order valence-electron chi connectivity index (χ3n) is 5.02. The number of H-pyrrole nitrogens is 1. The lowest BCUT2D eigenvalue weighted by molar-refractivity contribution is -0.129. The van der Waals surface area contributed by atoms with E-state index >= 15 is 0 Å². The Morgan fingerprint density at radius 3 is 2.63 bits per heavy atom. The lowest BCUT2D eigenvalue weighted by Gasteiger charge is -2.26. The van der Waals surface area contributed by atoms with Crippen LogP contribution in [0.15, 0.2) is 54.6 Å². The lowest BCUT2D eigenvalue weighted by atomic mass is 10.0. The maximum atomic E-state index is 14.9. The SMILES string of the molecule is CN1C(=O)C(NC(=O)c2nnc(Cc3ccccc3)[nH]2)C(F)(F)Cc2ccccc21. The Labute approximate surface area is 171 Å². The van der Waals surface area contributed by atoms with Crippen LogP contribution in [-0.4, -0.2) is 46.0 Å². The fraction of sp³-hybridized carbons (Fsp3) is 0.238. The Morgan fingerprint density at radius 1 is 1.17 bits per heavy atom. The van der Waals surface area contributed by atoms with Gasteiger partial charge in [-0.2, -0.15) is 0 Å². The molecule has 0 aliphatic carbocycles. The number of benzene rings is 2. The molecule has 0 bridgehead atoms. The second kappa shape index (κ2) is 7.66. The van der Waals surface area contributed by atoms with E-state index in [0.29, 0.717) is 23.5 Å². The number of alkyl halides is 2. The molecule has 9 heteroatoms. The average Bonchev–Trinajstić information content (AvgIpc) is 3.17. The first-order chi connectivity index (χ1) is 14.3. The minimum Gasteiger partial charge on any atom is -0.332 e. The molecule has 1 unspecified atom stereocenters. The molecular weight excluding hydrogens is 392 g/mol. The predicted octanol–water partition coefficient (Wildman–Crippen LogP) is 2.35. The number of halogens is 2. The Morgan fingerprint density at radius 2 is 1.87 bits per heavy atom. The summed E-state index contributed by atoms with van der Waals surface area (Å²) < 4.78 is 29.8. The molecule has 1 aromatic heterocycles. The highest BCUT2D eigenvalue weighted by molar-refractivity contribution is 6.02. The van der Waals surface area contributed by atoms with Crippen LogP contribution in [0.25, 0.3) is 0 Å². The first-order valence-electron chi connectivity index (χ1n) is 9.35. The number of amides is 2. The first-order valence-corrected chi connectivity index (χ1v) is 9.35. The van der Waals surface area contributed by atoms with E-state index in [1.54, 1.807) is 24.3 Å². The number of aromatic nitrogens is 3. The lowest BCUT2D eigenvalue weighted by Crippen LogP contribution is -2.56. The molecule has 0 radical (unpaired) electrons. The summed E-state index contributed by atoms with van der Waals surface area (Å²) in [5, 5.41) is 9.79. The van der Waals surface area contributed by atoms with Gasteiger partial charge in [0.05, 0.1) is 0 Å². The van der Waals surface area contributed by atoms with E-state index in [1.807, 2.05) is 30.3 Å². The van der Waals surface area contributed by atoms with Gasteiger partial charge in [-0.25, -0.2) is 8.78 Å². The highest BCUT2D eigenvalue weighted by atomic mass is 19.3. The molecule has 3 aromatic rings. The standard InChI is InChI=1S/C21H19F2N5O2/c1-28-15-10-6-5-9-14(15)12-21(22,23)17(20(28)30)25-19(29)18-24-16(26-27-18)11-13-7-3-2-4-8-13/h2-10,17H,11-12H2,1H3,(H,25,29)(H,24,26,27). The molecule has 2 aromatic carbocycles. The van der Waals surface area contributed by atoms with Gasteiger partial charge in [0, 0.05) is 25.6 Å². The Kier molecular flexibility index (Phi) is 5.03. The van der Waals surface area contributed by atoms with Crippen molar-refractivity contribution in [2.45, 2.75) is 24.8 Å². The highest BCUT2D eigenvalue weighted by Crippen LogP contribution is 2.34. The molecule has 7 nitrogen and oxygen atoms in total. The number of fused-ring (bicyclic) bond motifs is 1. The Hall–Kier alpha value is -3.62. The van der Waals surface area contributed by atoms with E-state index in [4.69, 9.17) is 0 Å². The summed E-state index contributed by atoms with van der Waals surface area (Å²) in [5.41, 5.74) is 1.68. The zero-order valence-electron chi connectivity index (χ0n) is 16.1. The average molecular weight is 411 g/mol. The van der Waals surface area contributed by atoms with Gasteiger partial charge in [0.15, 0.2) is 6.04 Å². The van der Waals surface area contributed by atoms with Gasteiger partial charge in [0.2, 0.25) is 5.82 Å². The molecule has 4 rings (SSSR count). The third kappa shape index (κ3) is 3.78. The van der Waals surface area contributed by atoms with Gasteiger partial charge < -0.3 is 15.2 Å². The normalized spacial score (nSPS) is 17.9. The summed E-state index contributed by atoms with van der Waals surface area (Å²) in [6, 6.07) is 13.8. The number of nitrogens with zero attached hydrogens (tertiary/aromatic N) is 3. The van der Waals surface area contributed by atoms with Gasteiger partial charge in [-0.05, 0) is 17.2 Å². The maximum Gasteiger partial charge on any atom is 0.289 e. The van der Waals surface area contributed by atoms with Gasteiger partial charge in [-0.3, -0.25) is 9.59 Å². The van der Waals surface area contributed by atoms with Gasteiger partial charge in [0.1, 0.15) is 5.82 Å². The summed E-state index contributed by atoms with van der Waals surface area (Å²) in [5.74, 6) is -5.11. The Balaban J connectivity index is 1.53. The van der Waals surface area contributed by atoms with Crippen LogP contribution in [0.2, 0.25) is 0 Å². The highest BCUT2D eigenvalue weighted by Gasteiger charge is 2.49. The van der Waals surface area contributed by atoms with Crippen molar-refractivity contribution in [2.75, 3.05) is 11.9 Å². The van der Waals surface area contributed by atoms with Crippen LogP contribution in [0, 0.1) is 0 Å². The topological polar surface area (TPSA) is 91.0 Å². The molecule has 0 fully saturated rings. The van der Waals surface area contributed by atoms with E-state index in [2.05, 4.69) is 20.5 Å². The molecule has 154 valence electrons. The molecule has 0 saturated carbocycles. The Bertz CT molecular complexity index is 1080. The summed E-state index contributed by atoms with van der Waals surface area (Å²) in [6.07, 6.45) is -0.266. The van der Waals surface area contributed by atoms with Crippen molar-refractivity contribution < 1.29 is 18.4 Å². The molecule has 2 amide bonds. The van der Waals surface area contributed by atoms with Crippen LogP contribution in [0.3, 0.4) is 0 Å². The monoisotopic (exact) mass is 411 g/mol. The summed E-state index contributed by atoms with van der Waals surface area (Å²) in [4.78, 5) is 29.2. The minimum absolute atomic E-state index is 0.228. The van der Waals surface area contributed by atoms with Gasteiger partial charge >= 0.3 is 0 Å². The second-order valence-corrected chi connectivity index (χ2v) is 7.15. The summed E-state index contributed by atoms with van der Waals surface area (Å²) in [7, 11) is 1.41. The number of para-hydroxylation sites is 1. The number of carbonyl (C=O) groups excluding carboxylic acids is 2. The van der Waals surface area contributed by atoms with Crippen LogP contribution in [0.4, 0.5) is 14.5 Å². The van der Waals surface area contributed by atoms with Crippen LogP contribution < -0.4 is 10.2 Å². The largest absolute Gasteiger partial charge is 0.332 e. The van der Waals surface area contributed by atoms with Crippen molar-refractivity contribution in [2.24, 2.45) is 0 Å². The zero-order valence-corrected chi connectivity index (χ0v) is 16.1. The van der Waals surface area contributed by atoms with E-state index in [1.165, 1.54) is 7.05 Å². The molecule has 30 heavy (non-hydrogen) atoms. The molecule has 0 saturated heterocycles. The van der Waals surface area contributed by atoms with Crippen molar-refractivity contribution in [3.05, 3.63) is 77.4 Å². The quantitative estimate of drug-likeness (QED) is 0.690. The van der Waals surface area contributed by atoms with E-state index in [9.17, 15) is 18.4 Å². The number of carbonyl (C=O) groups is 2. The van der Waals surface area contributed by atoms with Gasteiger partial charge in [-0.15, -0.1) is 10.2 Å². The van der Waals surface area contributed by atoms with Crippen LogP contribution in [0.1, 0.15) is 27.6 Å². The van der Waals surface area contributed by atoms with Crippen molar-refractivity contribution in [3.8, 4) is 0 Å². The van der Waals surface area contributed by atoms with Crippen molar-refractivity contribution >= 4 is 17.5 Å². The molecule has 0 spiro atoms. The zero-order chi connectivity index (χ0) is 21.3. The number of nitrogens with one attached hydrogen (secondary N) is 2. The van der Waals surface area contributed by atoms with Crippen LogP contribution in [-0.2, 0) is 17.6 Å². The predicted molar refractivity (Wildman–Crippen MR) is 105 cm³/mol. The summed E-state index contributed by atoms with van der Waals surface area (Å²) in [6.45, 7) is 0. The van der Waals surface area contributed by atoms with Crippen molar-refractivity contribution in [1.82, 2.24) is 20.5 Å². The van der Waals surface area contributed by atoms with Gasteiger partial charge in [0.25, 0.3) is 17.7 Å². The minimum atomic E-state index is -3.47. The van der Waals surface area contributed by atoms with E-state index < -0.39 is 30.2 Å². The summed E-state index contributed by atoms with van der Waals surface area (Å²) >= 11 is 0. The van der Waals surface area contributed by atoms with E-state index in [0.717, 1.165) is 10.5 Å². The third-order valence-corrected chi connectivity index (χ3v) is 5.02. The van der Waals surface area contributed by atoms with Gasteiger partial charge in [-0.1, -0.05) is 48.5 Å². The van der Waals surface area contributed by atoms with Crippen molar-refractivity contribution in [3.63, 3.8) is 0 Å².